The van der Waals surface area contributed by atoms with E-state index in [-0.39, 0.29) is 5.91 Å². The molecule has 1 aliphatic rings. The van der Waals surface area contributed by atoms with Crippen molar-refractivity contribution in [2.45, 2.75) is 12.5 Å². The molecule has 1 aliphatic heterocycles. The summed E-state index contributed by atoms with van der Waals surface area (Å²) in [5.41, 5.74) is 1.11. The predicted octanol–water partition coefficient (Wildman–Crippen LogP) is 0.474. The largest absolute Gasteiger partial charge is 0.391 e. The smallest absolute Gasteiger partial charge is 0.276 e. The second kappa shape index (κ2) is 4.81. The van der Waals surface area contributed by atoms with Crippen LogP contribution in [0, 0.1) is 0 Å². The molecule has 0 saturated carbocycles. The van der Waals surface area contributed by atoms with Crippen LogP contribution in [0.1, 0.15) is 16.9 Å². The average Bonchev–Trinajstić information content (AvgIpc) is 3.08. The molecule has 6 nitrogen and oxygen atoms in total. The highest BCUT2D eigenvalue weighted by molar-refractivity contribution is 5.92. The molecule has 19 heavy (non-hydrogen) atoms. The number of benzene rings is 1. The van der Waals surface area contributed by atoms with Gasteiger partial charge in [-0.15, -0.1) is 5.10 Å². The van der Waals surface area contributed by atoms with Crippen LogP contribution < -0.4 is 0 Å². The van der Waals surface area contributed by atoms with Gasteiger partial charge in [0, 0.05) is 13.1 Å². The van der Waals surface area contributed by atoms with Crippen molar-refractivity contribution < 1.29 is 9.90 Å². The first-order valence-electron chi connectivity index (χ1n) is 6.19. The molecule has 0 aliphatic carbocycles. The molecule has 6 heteroatoms. The summed E-state index contributed by atoms with van der Waals surface area (Å²) >= 11 is 0. The Hall–Kier alpha value is -2.21. The van der Waals surface area contributed by atoms with Gasteiger partial charge < -0.3 is 10.0 Å². The first-order chi connectivity index (χ1) is 9.24. The molecule has 1 amide bonds. The summed E-state index contributed by atoms with van der Waals surface area (Å²) in [5, 5.41) is 17.7. The average molecular weight is 258 g/mol. The van der Waals surface area contributed by atoms with E-state index in [1.807, 2.05) is 30.3 Å². The van der Waals surface area contributed by atoms with Gasteiger partial charge in [-0.1, -0.05) is 18.2 Å². The maximum atomic E-state index is 12.1. The maximum Gasteiger partial charge on any atom is 0.276 e. The standard InChI is InChI=1S/C13H14N4O2/c18-11-6-7-16(9-11)13(19)12-8-14-17(15-12)10-4-2-1-3-5-10/h1-5,8,11,18H,6-7,9H2/t11-/m1/s1. The Balaban J connectivity index is 1.80. The molecule has 1 N–H and O–H groups in total. The molecule has 1 fully saturated rings. The van der Waals surface area contributed by atoms with Crippen molar-refractivity contribution in [3.05, 3.63) is 42.2 Å². The minimum absolute atomic E-state index is 0.182. The van der Waals surface area contributed by atoms with E-state index < -0.39 is 6.10 Å². The first kappa shape index (κ1) is 11.9. The van der Waals surface area contributed by atoms with E-state index in [4.69, 9.17) is 0 Å². The van der Waals surface area contributed by atoms with Crippen LogP contribution >= 0.6 is 0 Å². The van der Waals surface area contributed by atoms with Gasteiger partial charge in [-0.2, -0.15) is 9.90 Å². The Morgan fingerprint density at radius 3 is 2.79 bits per heavy atom. The predicted molar refractivity (Wildman–Crippen MR) is 67.9 cm³/mol. The molecule has 2 heterocycles. The molecule has 1 atom stereocenters. The minimum atomic E-state index is -0.423. The number of hydrogen-bond acceptors (Lipinski definition) is 4. The van der Waals surface area contributed by atoms with Crippen LogP contribution in [0.15, 0.2) is 36.5 Å². The van der Waals surface area contributed by atoms with Gasteiger partial charge in [-0.25, -0.2) is 0 Å². The fraction of sp³-hybridized carbons (Fsp3) is 0.308. The van der Waals surface area contributed by atoms with E-state index in [0.717, 1.165) is 5.69 Å². The van der Waals surface area contributed by atoms with Gasteiger partial charge in [0.25, 0.3) is 5.91 Å². The summed E-state index contributed by atoms with van der Waals surface area (Å²) in [5.74, 6) is -0.182. The number of rotatable bonds is 2. The summed E-state index contributed by atoms with van der Waals surface area (Å²) in [6, 6.07) is 9.42. The van der Waals surface area contributed by atoms with Gasteiger partial charge in [0.1, 0.15) is 0 Å². The zero-order chi connectivity index (χ0) is 13.2. The Labute approximate surface area is 110 Å². The number of para-hydroxylation sites is 1. The first-order valence-corrected chi connectivity index (χ1v) is 6.19. The highest BCUT2D eigenvalue weighted by atomic mass is 16.3. The zero-order valence-corrected chi connectivity index (χ0v) is 10.3. The van der Waals surface area contributed by atoms with E-state index in [2.05, 4.69) is 10.2 Å². The number of β-amino-alcohol motifs (C(OH)–C–C–N with tert-alkyl or cyclic N) is 1. The second-order valence-corrected chi connectivity index (χ2v) is 4.55. The van der Waals surface area contributed by atoms with Crippen LogP contribution in [0.5, 0.6) is 0 Å². The van der Waals surface area contributed by atoms with Gasteiger partial charge in [0.2, 0.25) is 0 Å². The number of carbonyl (C=O) groups is 1. The quantitative estimate of drug-likeness (QED) is 0.850. The van der Waals surface area contributed by atoms with Crippen LogP contribution in [-0.4, -0.2) is 50.1 Å². The summed E-state index contributed by atoms with van der Waals surface area (Å²) in [7, 11) is 0. The molecule has 3 rings (SSSR count). The van der Waals surface area contributed by atoms with E-state index in [1.165, 1.54) is 11.0 Å². The van der Waals surface area contributed by atoms with E-state index in [9.17, 15) is 9.90 Å². The number of hydrogen-bond donors (Lipinski definition) is 1. The normalized spacial score (nSPS) is 18.8. The number of aliphatic hydroxyl groups excluding tert-OH is 1. The maximum absolute atomic E-state index is 12.1. The zero-order valence-electron chi connectivity index (χ0n) is 10.3. The van der Waals surface area contributed by atoms with Crippen molar-refractivity contribution in [2.24, 2.45) is 0 Å². The van der Waals surface area contributed by atoms with Crippen molar-refractivity contribution in [3.63, 3.8) is 0 Å². The highest BCUT2D eigenvalue weighted by Gasteiger charge is 2.27. The third-order valence-corrected chi connectivity index (χ3v) is 3.15. The van der Waals surface area contributed by atoms with Gasteiger partial charge in [-0.3, -0.25) is 4.79 Å². The van der Waals surface area contributed by atoms with Crippen LogP contribution in [0.3, 0.4) is 0 Å². The molecule has 0 radical (unpaired) electrons. The molecule has 1 aromatic carbocycles. The van der Waals surface area contributed by atoms with Crippen molar-refractivity contribution in [1.29, 1.82) is 0 Å². The van der Waals surface area contributed by atoms with Crippen LogP contribution in [0.4, 0.5) is 0 Å². The molecular formula is C13H14N4O2. The van der Waals surface area contributed by atoms with Crippen LogP contribution in [0.2, 0.25) is 0 Å². The lowest BCUT2D eigenvalue weighted by Gasteiger charge is -2.12. The number of likely N-dealkylation sites (tertiary alicyclic amines) is 1. The van der Waals surface area contributed by atoms with E-state index in [1.54, 1.807) is 4.90 Å². The molecule has 98 valence electrons. The second-order valence-electron chi connectivity index (χ2n) is 4.55. The number of aliphatic hydroxyl groups is 1. The highest BCUT2D eigenvalue weighted by Crippen LogP contribution is 2.12. The molecular weight excluding hydrogens is 244 g/mol. The number of amides is 1. The molecule has 0 spiro atoms. The number of aromatic nitrogens is 3. The third-order valence-electron chi connectivity index (χ3n) is 3.15. The summed E-state index contributed by atoms with van der Waals surface area (Å²) in [4.78, 5) is 15.2. The SMILES string of the molecule is O=C(c1cnn(-c2ccccc2)n1)N1CC[C@@H](O)C1. The van der Waals surface area contributed by atoms with Gasteiger partial charge in [0.15, 0.2) is 5.69 Å². The monoisotopic (exact) mass is 258 g/mol. The fourth-order valence-corrected chi connectivity index (χ4v) is 2.14. The van der Waals surface area contributed by atoms with Crippen molar-refractivity contribution >= 4 is 5.91 Å². The lowest BCUT2D eigenvalue weighted by molar-refractivity contribution is 0.0759. The molecule has 2 aromatic rings. The van der Waals surface area contributed by atoms with Crippen molar-refractivity contribution in [2.75, 3.05) is 13.1 Å². The summed E-state index contributed by atoms with van der Waals surface area (Å²) < 4.78 is 0. The van der Waals surface area contributed by atoms with Crippen molar-refractivity contribution in [1.82, 2.24) is 19.9 Å². The Bertz CT molecular complexity index is 581. The fourth-order valence-electron chi connectivity index (χ4n) is 2.14. The van der Waals surface area contributed by atoms with E-state index >= 15 is 0 Å². The van der Waals surface area contributed by atoms with E-state index in [0.29, 0.717) is 25.2 Å². The minimum Gasteiger partial charge on any atom is -0.391 e. The number of nitrogens with zero attached hydrogens (tertiary/aromatic N) is 4. The lowest BCUT2D eigenvalue weighted by atomic mass is 10.3. The summed E-state index contributed by atoms with van der Waals surface area (Å²) in [6.45, 7) is 0.940. The van der Waals surface area contributed by atoms with Gasteiger partial charge in [-0.05, 0) is 18.6 Å². The molecule has 1 aromatic heterocycles. The Kier molecular flexibility index (Phi) is 3.00. The van der Waals surface area contributed by atoms with Crippen LogP contribution in [0.25, 0.3) is 5.69 Å². The Morgan fingerprint density at radius 1 is 1.32 bits per heavy atom. The molecule has 0 bridgehead atoms. The topological polar surface area (TPSA) is 71.2 Å². The third kappa shape index (κ3) is 2.34. The molecule has 1 saturated heterocycles. The Morgan fingerprint density at radius 2 is 2.11 bits per heavy atom. The lowest BCUT2D eigenvalue weighted by Crippen LogP contribution is -2.29. The summed E-state index contributed by atoms with van der Waals surface area (Å²) in [6.07, 6.45) is 1.66. The number of carbonyl (C=O) groups excluding carboxylic acids is 1. The van der Waals surface area contributed by atoms with Crippen LogP contribution in [-0.2, 0) is 0 Å². The van der Waals surface area contributed by atoms with Crippen molar-refractivity contribution in [3.8, 4) is 5.69 Å². The van der Waals surface area contributed by atoms with Gasteiger partial charge >= 0.3 is 0 Å². The molecule has 0 unspecified atom stereocenters. The van der Waals surface area contributed by atoms with Gasteiger partial charge in [0.05, 0.1) is 18.0 Å².